The van der Waals surface area contributed by atoms with Gasteiger partial charge >= 0.3 is 12.1 Å². The fourth-order valence-corrected chi connectivity index (χ4v) is 3.92. The smallest absolute Gasteiger partial charge is 0.493 e. The van der Waals surface area contributed by atoms with Crippen LogP contribution in [0.15, 0.2) is 57.7 Å². The lowest BCUT2D eigenvalue weighted by Gasteiger charge is -2.14. The minimum absolute atomic E-state index is 0.0841. The molecular weight excluding hydrogens is 489 g/mol. The number of aryl methyl sites for hydroxylation is 2. The van der Waals surface area contributed by atoms with Crippen LogP contribution in [-0.4, -0.2) is 37.4 Å². The Kier molecular flexibility index (Phi) is 7.06. The van der Waals surface area contributed by atoms with Gasteiger partial charge in [0.1, 0.15) is 17.3 Å². The molecule has 2 aromatic heterocycles. The fraction of sp³-hybridized carbons (Fsp3) is 0.348. The van der Waals surface area contributed by atoms with E-state index in [1.54, 1.807) is 4.57 Å². The molecule has 1 aromatic carbocycles. The Morgan fingerprint density at radius 3 is 2.74 bits per heavy atom. The van der Waals surface area contributed by atoms with Crippen molar-refractivity contribution < 1.29 is 22.6 Å². The summed E-state index contributed by atoms with van der Waals surface area (Å²) in [5.74, 6) is 0.434. The molecule has 0 saturated carbocycles. The number of benzene rings is 1. The van der Waals surface area contributed by atoms with E-state index >= 15 is 0 Å². The molecule has 0 fully saturated rings. The van der Waals surface area contributed by atoms with E-state index < -0.39 is 17.6 Å². The zero-order valence-electron chi connectivity index (χ0n) is 18.6. The van der Waals surface area contributed by atoms with Crippen molar-refractivity contribution in [3.05, 3.63) is 74.7 Å². The maximum Gasteiger partial charge on any atom is 0.573 e. The van der Waals surface area contributed by atoms with E-state index in [2.05, 4.69) is 14.7 Å². The van der Waals surface area contributed by atoms with Crippen LogP contribution in [0.25, 0.3) is 11.2 Å². The number of rotatable bonds is 8. The lowest BCUT2D eigenvalue weighted by atomic mass is 10.1. The molecule has 2 heterocycles. The van der Waals surface area contributed by atoms with Crippen LogP contribution in [0.1, 0.15) is 18.7 Å². The van der Waals surface area contributed by atoms with Gasteiger partial charge in [-0.1, -0.05) is 24.3 Å². The first-order chi connectivity index (χ1) is 16.6. The Labute approximate surface area is 202 Å². The number of nitrogens with one attached hydrogen (secondary N) is 1. The molecule has 35 heavy (non-hydrogen) atoms. The van der Waals surface area contributed by atoms with Crippen molar-refractivity contribution in [1.82, 2.24) is 19.1 Å². The van der Waals surface area contributed by atoms with Crippen molar-refractivity contribution in [2.75, 3.05) is 6.61 Å². The number of alkyl halides is 4. The average molecular weight is 511 g/mol. The third-order valence-electron chi connectivity index (χ3n) is 5.40. The van der Waals surface area contributed by atoms with Crippen molar-refractivity contribution in [2.45, 2.75) is 37.5 Å². The van der Waals surface area contributed by atoms with Crippen molar-refractivity contribution in [3.8, 4) is 11.5 Å². The van der Waals surface area contributed by atoms with Crippen molar-refractivity contribution in [2.24, 2.45) is 7.05 Å². The lowest BCUT2D eigenvalue weighted by molar-refractivity contribution is -0.274. The molecule has 3 aromatic rings. The number of halogens is 4. The molecule has 186 valence electrons. The second-order valence-corrected chi connectivity index (χ2v) is 8.53. The predicted molar refractivity (Wildman–Crippen MR) is 124 cm³/mol. The summed E-state index contributed by atoms with van der Waals surface area (Å²) in [4.78, 5) is 31.5. The number of fused-ring (bicyclic) bond motifs is 1. The quantitative estimate of drug-likeness (QED) is 0.367. The first-order valence-electron chi connectivity index (χ1n) is 10.8. The second-order valence-electron chi connectivity index (χ2n) is 7.97. The summed E-state index contributed by atoms with van der Waals surface area (Å²) < 4.78 is 49.8. The van der Waals surface area contributed by atoms with E-state index in [9.17, 15) is 22.8 Å². The first kappa shape index (κ1) is 24.6. The van der Waals surface area contributed by atoms with Crippen LogP contribution < -0.4 is 20.7 Å². The summed E-state index contributed by atoms with van der Waals surface area (Å²) in [6.07, 6.45) is 2.49. The summed E-state index contributed by atoms with van der Waals surface area (Å²) in [6.45, 7) is 0.551. The standard InChI is InChI=1S/C23H22ClF3N4O4/c1-30-20-19(21(32)29-22(30)33)31(13-14-7-9-15(24)10-8-14)18(28-20)6-3-11-34-16-4-2-5-17(12-16)35-23(25,26)27/h2,4-5,7-9,12,15H,3,6,10-11,13H2,1H3,(H,29,32,33). The van der Waals surface area contributed by atoms with Crippen molar-refractivity contribution >= 4 is 22.8 Å². The Hall–Kier alpha value is -3.47. The van der Waals surface area contributed by atoms with Gasteiger partial charge in [0.05, 0.1) is 12.0 Å². The molecule has 0 spiro atoms. The van der Waals surface area contributed by atoms with E-state index in [1.807, 2.05) is 18.2 Å². The zero-order valence-corrected chi connectivity index (χ0v) is 19.4. The largest absolute Gasteiger partial charge is 0.573 e. The number of hydrogen-bond donors (Lipinski definition) is 1. The van der Waals surface area contributed by atoms with Gasteiger partial charge in [-0.05, 0) is 30.5 Å². The zero-order chi connectivity index (χ0) is 25.2. The average Bonchev–Trinajstić information content (AvgIpc) is 3.14. The lowest BCUT2D eigenvalue weighted by Crippen LogP contribution is -2.29. The molecular formula is C23H22ClF3N4O4. The fourth-order valence-electron chi connectivity index (χ4n) is 3.76. The van der Waals surface area contributed by atoms with E-state index in [-0.39, 0.29) is 34.6 Å². The number of H-pyrrole nitrogens is 1. The van der Waals surface area contributed by atoms with Gasteiger partial charge in [-0.15, -0.1) is 24.8 Å². The molecule has 0 aliphatic heterocycles. The van der Waals surface area contributed by atoms with E-state index in [4.69, 9.17) is 16.3 Å². The minimum atomic E-state index is -4.79. The maximum absolute atomic E-state index is 12.6. The van der Waals surface area contributed by atoms with Gasteiger partial charge in [0.25, 0.3) is 5.56 Å². The molecule has 12 heteroatoms. The van der Waals surface area contributed by atoms with Crippen LogP contribution in [0.3, 0.4) is 0 Å². The topological polar surface area (TPSA) is 91.1 Å². The molecule has 0 bridgehead atoms. The number of nitrogens with zero attached hydrogens (tertiary/aromatic N) is 3. The van der Waals surface area contributed by atoms with Crippen LogP contribution >= 0.6 is 11.6 Å². The highest BCUT2D eigenvalue weighted by Gasteiger charge is 2.31. The summed E-state index contributed by atoms with van der Waals surface area (Å²) >= 11 is 6.11. The van der Waals surface area contributed by atoms with Crippen LogP contribution in [0.5, 0.6) is 11.5 Å². The number of hydrogen-bond acceptors (Lipinski definition) is 5. The number of ether oxygens (including phenoxy) is 2. The molecule has 8 nitrogen and oxygen atoms in total. The Bertz CT molecular complexity index is 1400. The van der Waals surface area contributed by atoms with Gasteiger partial charge in [0, 0.05) is 26.1 Å². The van der Waals surface area contributed by atoms with Crippen LogP contribution in [0.4, 0.5) is 13.2 Å². The number of imidazole rings is 1. The van der Waals surface area contributed by atoms with Gasteiger partial charge < -0.3 is 14.0 Å². The Morgan fingerprint density at radius 1 is 1.26 bits per heavy atom. The first-order valence-corrected chi connectivity index (χ1v) is 11.2. The molecule has 1 unspecified atom stereocenters. The molecule has 1 N–H and O–H groups in total. The van der Waals surface area contributed by atoms with Crippen LogP contribution in [-0.2, 0) is 20.0 Å². The summed E-state index contributed by atoms with van der Waals surface area (Å²) in [7, 11) is 1.53. The molecule has 1 atom stereocenters. The third-order valence-corrected chi connectivity index (χ3v) is 5.73. The Balaban J connectivity index is 1.52. The minimum Gasteiger partial charge on any atom is -0.493 e. The van der Waals surface area contributed by atoms with Gasteiger partial charge in [0.2, 0.25) is 0 Å². The van der Waals surface area contributed by atoms with Gasteiger partial charge in [-0.2, -0.15) is 0 Å². The molecule has 1 aliphatic carbocycles. The van der Waals surface area contributed by atoms with Gasteiger partial charge in [-0.3, -0.25) is 14.3 Å². The van der Waals surface area contributed by atoms with E-state index in [1.165, 1.54) is 29.8 Å². The monoisotopic (exact) mass is 510 g/mol. The van der Waals surface area contributed by atoms with Crippen molar-refractivity contribution in [1.29, 1.82) is 0 Å². The number of allylic oxidation sites excluding steroid dienone is 4. The van der Waals surface area contributed by atoms with Crippen LogP contribution in [0, 0.1) is 0 Å². The van der Waals surface area contributed by atoms with Gasteiger partial charge in [0.15, 0.2) is 11.2 Å². The number of aromatic amines is 1. The molecule has 0 radical (unpaired) electrons. The second kappa shape index (κ2) is 10.0. The Morgan fingerprint density at radius 2 is 2.03 bits per heavy atom. The normalized spacial score (nSPS) is 15.9. The maximum atomic E-state index is 12.6. The highest BCUT2D eigenvalue weighted by atomic mass is 35.5. The molecule has 0 amide bonds. The highest BCUT2D eigenvalue weighted by Crippen LogP contribution is 2.26. The molecule has 4 rings (SSSR count). The SMILES string of the molecule is Cn1c(=O)[nH]c(=O)c2c1nc(CCCOc1cccc(OC(F)(F)F)c1)n2CC1=CCC(Cl)C=C1. The summed E-state index contributed by atoms with van der Waals surface area (Å²) in [6, 6.07) is 5.27. The van der Waals surface area contributed by atoms with Crippen molar-refractivity contribution in [3.63, 3.8) is 0 Å². The molecule has 0 saturated heterocycles. The number of aromatic nitrogens is 4. The predicted octanol–water partition coefficient (Wildman–Crippen LogP) is 3.83. The summed E-state index contributed by atoms with van der Waals surface area (Å²) in [5.41, 5.74) is 0.401. The third kappa shape index (κ3) is 5.97. The van der Waals surface area contributed by atoms with E-state index in [0.29, 0.717) is 31.6 Å². The highest BCUT2D eigenvalue weighted by molar-refractivity contribution is 6.22. The van der Waals surface area contributed by atoms with Crippen LogP contribution in [0.2, 0.25) is 0 Å². The van der Waals surface area contributed by atoms with Gasteiger partial charge in [-0.25, -0.2) is 9.78 Å². The molecule has 1 aliphatic rings. The van der Waals surface area contributed by atoms with E-state index in [0.717, 1.165) is 11.6 Å². The summed E-state index contributed by atoms with van der Waals surface area (Å²) in [5, 5.41) is -0.0841.